The molecule has 0 bridgehead atoms. The van der Waals surface area contributed by atoms with Crippen LogP contribution >= 0.6 is 11.6 Å². The summed E-state index contributed by atoms with van der Waals surface area (Å²) in [4.78, 5) is 2.66. The SMILES string of the molecule is C[Si](C)(C)O[C@H](CCl)CN=[N+]=[N-]. The van der Waals surface area contributed by atoms with Crippen molar-refractivity contribution in [1.82, 2.24) is 0 Å². The van der Waals surface area contributed by atoms with E-state index in [2.05, 4.69) is 29.7 Å². The highest BCUT2D eigenvalue weighted by Gasteiger charge is 2.19. The molecular weight excluding hydrogens is 194 g/mol. The van der Waals surface area contributed by atoms with Crippen molar-refractivity contribution in [3.63, 3.8) is 0 Å². The van der Waals surface area contributed by atoms with Crippen LogP contribution in [0.3, 0.4) is 0 Å². The van der Waals surface area contributed by atoms with Crippen LogP contribution in [0.1, 0.15) is 0 Å². The minimum Gasteiger partial charge on any atom is -0.413 e. The van der Waals surface area contributed by atoms with E-state index >= 15 is 0 Å². The van der Waals surface area contributed by atoms with E-state index in [1.807, 2.05) is 0 Å². The lowest BCUT2D eigenvalue weighted by Gasteiger charge is -2.23. The third-order valence-corrected chi connectivity index (χ3v) is 2.43. The van der Waals surface area contributed by atoms with Crippen LogP contribution in [0.15, 0.2) is 5.11 Å². The van der Waals surface area contributed by atoms with Crippen LogP contribution in [0.5, 0.6) is 0 Å². The molecule has 70 valence electrons. The van der Waals surface area contributed by atoms with Gasteiger partial charge in [0, 0.05) is 10.8 Å². The van der Waals surface area contributed by atoms with Gasteiger partial charge >= 0.3 is 0 Å². The van der Waals surface area contributed by atoms with Gasteiger partial charge in [-0.15, -0.1) is 11.6 Å². The first-order valence-corrected chi connectivity index (χ1v) is 7.68. The molecule has 0 aliphatic carbocycles. The van der Waals surface area contributed by atoms with Crippen LogP contribution in [0.4, 0.5) is 0 Å². The molecule has 0 N–H and O–H groups in total. The van der Waals surface area contributed by atoms with Crippen LogP contribution in [-0.4, -0.2) is 26.8 Å². The average molecular weight is 208 g/mol. The standard InChI is InChI=1S/C6H14ClN3OSi/c1-12(2,3)11-6(4-7)5-9-10-8/h6H,4-5H2,1-3H3/t6-/m1/s1. The summed E-state index contributed by atoms with van der Waals surface area (Å²) in [6.45, 7) is 6.54. The molecule has 0 spiro atoms. The van der Waals surface area contributed by atoms with Gasteiger partial charge in [0.1, 0.15) is 0 Å². The maximum Gasteiger partial charge on any atom is 0.184 e. The van der Waals surface area contributed by atoms with Gasteiger partial charge in [-0.05, 0) is 25.2 Å². The predicted octanol–water partition coefficient (Wildman–Crippen LogP) is 2.76. The average Bonchev–Trinajstić information content (AvgIpc) is 1.95. The fourth-order valence-corrected chi connectivity index (χ4v) is 2.17. The third-order valence-electron chi connectivity index (χ3n) is 1.04. The normalized spacial score (nSPS) is 13.7. The molecule has 0 aliphatic heterocycles. The van der Waals surface area contributed by atoms with Gasteiger partial charge in [0.05, 0.1) is 12.6 Å². The molecule has 0 saturated carbocycles. The summed E-state index contributed by atoms with van der Waals surface area (Å²) >= 11 is 5.62. The fraction of sp³-hybridized carbons (Fsp3) is 1.00. The highest BCUT2D eigenvalue weighted by molar-refractivity contribution is 6.69. The first kappa shape index (κ1) is 11.8. The Morgan fingerprint density at radius 2 is 2.17 bits per heavy atom. The van der Waals surface area contributed by atoms with E-state index in [-0.39, 0.29) is 6.10 Å². The first-order valence-electron chi connectivity index (χ1n) is 3.74. The molecule has 12 heavy (non-hydrogen) atoms. The second kappa shape index (κ2) is 5.43. The van der Waals surface area contributed by atoms with Crippen LogP contribution in [0.25, 0.3) is 10.4 Å². The monoisotopic (exact) mass is 207 g/mol. The zero-order valence-electron chi connectivity index (χ0n) is 7.62. The molecule has 6 heteroatoms. The Balaban J connectivity index is 3.91. The number of hydrogen-bond donors (Lipinski definition) is 0. The Morgan fingerprint density at radius 3 is 2.50 bits per heavy atom. The van der Waals surface area contributed by atoms with Gasteiger partial charge in [-0.3, -0.25) is 0 Å². The molecule has 0 radical (unpaired) electrons. The number of rotatable bonds is 5. The molecule has 1 atom stereocenters. The number of alkyl halides is 1. The van der Waals surface area contributed by atoms with E-state index in [1.54, 1.807) is 0 Å². The van der Waals surface area contributed by atoms with Crippen molar-refractivity contribution in [2.45, 2.75) is 25.7 Å². The van der Waals surface area contributed by atoms with Crippen LogP contribution < -0.4 is 0 Å². The molecule has 0 unspecified atom stereocenters. The molecule has 0 aliphatic rings. The molecule has 0 rings (SSSR count). The van der Waals surface area contributed by atoms with Crippen LogP contribution in [0, 0.1) is 0 Å². The molecule has 0 heterocycles. The van der Waals surface area contributed by atoms with Crippen molar-refractivity contribution < 1.29 is 4.43 Å². The van der Waals surface area contributed by atoms with Crippen molar-refractivity contribution in [2.24, 2.45) is 5.11 Å². The van der Waals surface area contributed by atoms with Crippen molar-refractivity contribution in [1.29, 1.82) is 0 Å². The maximum absolute atomic E-state index is 8.08. The Kier molecular flexibility index (Phi) is 5.33. The molecule has 4 nitrogen and oxygen atoms in total. The molecule has 0 saturated heterocycles. The lowest BCUT2D eigenvalue weighted by molar-refractivity contribution is 0.225. The fourth-order valence-electron chi connectivity index (χ4n) is 0.745. The topological polar surface area (TPSA) is 58.0 Å². The number of hydrogen-bond acceptors (Lipinski definition) is 2. The van der Waals surface area contributed by atoms with E-state index in [0.717, 1.165) is 0 Å². The Labute approximate surface area is 78.6 Å². The Morgan fingerprint density at radius 1 is 1.58 bits per heavy atom. The number of nitrogens with zero attached hydrogens (tertiary/aromatic N) is 3. The maximum atomic E-state index is 8.08. The minimum atomic E-state index is -1.56. The lowest BCUT2D eigenvalue weighted by Crippen LogP contribution is -2.34. The van der Waals surface area contributed by atoms with Crippen molar-refractivity contribution >= 4 is 19.9 Å². The first-order chi connectivity index (χ1) is 5.49. The summed E-state index contributed by atoms with van der Waals surface area (Å²) in [5.41, 5.74) is 8.08. The molecule has 0 amide bonds. The quantitative estimate of drug-likeness (QED) is 0.225. The van der Waals surface area contributed by atoms with Crippen LogP contribution in [-0.2, 0) is 4.43 Å². The van der Waals surface area contributed by atoms with E-state index in [0.29, 0.717) is 12.4 Å². The zero-order chi connectivity index (χ0) is 9.61. The molecule has 0 aromatic heterocycles. The summed E-state index contributed by atoms with van der Waals surface area (Å²) in [7, 11) is -1.56. The summed E-state index contributed by atoms with van der Waals surface area (Å²) in [5, 5.41) is 3.42. The predicted molar refractivity (Wildman–Crippen MR) is 53.0 cm³/mol. The van der Waals surface area contributed by atoms with E-state index in [9.17, 15) is 0 Å². The van der Waals surface area contributed by atoms with Gasteiger partial charge in [0.2, 0.25) is 0 Å². The van der Waals surface area contributed by atoms with Crippen molar-refractivity contribution in [2.75, 3.05) is 12.4 Å². The Bertz CT molecular complexity index is 176. The van der Waals surface area contributed by atoms with Gasteiger partial charge < -0.3 is 4.43 Å². The largest absolute Gasteiger partial charge is 0.413 e. The van der Waals surface area contributed by atoms with E-state index in [4.69, 9.17) is 21.6 Å². The Hall–Kier alpha value is -0.223. The summed E-state index contributed by atoms with van der Waals surface area (Å²) in [5.74, 6) is 0.378. The van der Waals surface area contributed by atoms with Gasteiger partial charge in [0.25, 0.3) is 0 Å². The van der Waals surface area contributed by atoms with E-state index < -0.39 is 8.32 Å². The molecule has 0 aromatic rings. The van der Waals surface area contributed by atoms with Crippen LogP contribution in [0.2, 0.25) is 19.6 Å². The smallest absolute Gasteiger partial charge is 0.184 e. The van der Waals surface area contributed by atoms with E-state index in [1.165, 1.54) is 0 Å². The highest BCUT2D eigenvalue weighted by atomic mass is 35.5. The van der Waals surface area contributed by atoms with Gasteiger partial charge in [0.15, 0.2) is 8.32 Å². The minimum absolute atomic E-state index is 0.130. The summed E-state index contributed by atoms with van der Waals surface area (Å²) < 4.78 is 5.63. The number of azide groups is 1. The zero-order valence-corrected chi connectivity index (χ0v) is 9.38. The summed E-state index contributed by atoms with van der Waals surface area (Å²) in [6.07, 6.45) is -0.130. The van der Waals surface area contributed by atoms with Gasteiger partial charge in [-0.1, -0.05) is 5.11 Å². The van der Waals surface area contributed by atoms with Crippen molar-refractivity contribution in [3.8, 4) is 0 Å². The highest BCUT2D eigenvalue weighted by Crippen LogP contribution is 2.08. The third kappa shape index (κ3) is 6.48. The van der Waals surface area contributed by atoms with Gasteiger partial charge in [-0.25, -0.2) is 0 Å². The summed E-state index contributed by atoms with van der Waals surface area (Å²) in [6, 6.07) is 0. The molecule has 0 aromatic carbocycles. The molecule has 0 fully saturated rings. The second-order valence-electron chi connectivity index (χ2n) is 3.42. The lowest BCUT2D eigenvalue weighted by atomic mass is 10.4. The number of halogens is 1. The van der Waals surface area contributed by atoms with Gasteiger partial charge in [-0.2, -0.15) is 0 Å². The second-order valence-corrected chi connectivity index (χ2v) is 8.19. The van der Waals surface area contributed by atoms with Crippen molar-refractivity contribution in [3.05, 3.63) is 10.4 Å². The molecular formula is C6H14ClN3OSi.